The van der Waals surface area contributed by atoms with Gasteiger partial charge in [-0.15, -0.1) is 0 Å². The maximum Gasteiger partial charge on any atom is 0.191 e. The number of halogens is 1. The summed E-state index contributed by atoms with van der Waals surface area (Å²) in [6, 6.07) is 12.7. The predicted octanol–water partition coefficient (Wildman–Crippen LogP) is 3.95. The van der Waals surface area contributed by atoms with Crippen molar-refractivity contribution in [1.29, 1.82) is 0 Å². The van der Waals surface area contributed by atoms with E-state index in [1.807, 2.05) is 30.3 Å². The van der Waals surface area contributed by atoms with E-state index in [2.05, 4.69) is 4.98 Å². The summed E-state index contributed by atoms with van der Waals surface area (Å²) in [5.41, 5.74) is 1.54. The molecule has 5 nitrogen and oxygen atoms in total. The van der Waals surface area contributed by atoms with Crippen LogP contribution in [0.25, 0.3) is 11.3 Å². The summed E-state index contributed by atoms with van der Waals surface area (Å²) in [5.74, 6) is 1.78. The minimum atomic E-state index is -0.623. The Hall–Kier alpha value is -2.79. The van der Waals surface area contributed by atoms with Gasteiger partial charge in [0.1, 0.15) is 6.61 Å². The third-order valence-electron chi connectivity index (χ3n) is 3.98. The van der Waals surface area contributed by atoms with Crippen LogP contribution in [0.1, 0.15) is 5.56 Å². The van der Waals surface area contributed by atoms with Crippen molar-refractivity contribution in [2.24, 2.45) is 0 Å². The van der Waals surface area contributed by atoms with Crippen LogP contribution >= 0.6 is 11.6 Å². The highest BCUT2D eigenvalue weighted by atomic mass is 35.5. The number of oxazole rings is 1. The molecule has 126 valence electrons. The molecule has 0 spiro atoms. The van der Waals surface area contributed by atoms with Gasteiger partial charge in [-0.05, 0) is 29.8 Å². The topological polar surface area (TPSA) is 61.6 Å². The number of hydrogen-bond donors (Lipinski definition) is 0. The van der Waals surface area contributed by atoms with Crippen molar-refractivity contribution in [1.82, 2.24) is 4.98 Å². The Morgan fingerprint density at radius 1 is 1.20 bits per heavy atom. The first-order valence-corrected chi connectivity index (χ1v) is 8.17. The van der Waals surface area contributed by atoms with Gasteiger partial charge in [0, 0.05) is 12.0 Å². The molecule has 3 aromatic rings. The first-order valence-electron chi connectivity index (χ1n) is 7.79. The van der Waals surface area contributed by atoms with Gasteiger partial charge in [0.2, 0.25) is 0 Å². The van der Waals surface area contributed by atoms with Crippen LogP contribution in [0, 0.1) is 0 Å². The molecule has 6 heteroatoms. The Morgan fingerprint density at radius 3 is 2.80 bits per heavy atom. The molecule has 2 heterocycles. The molecule has 1 aromatic heterocycles. The average Bonchev–Trinajstić information content (AvgIpc) is 3.15. The molecule has 0 bridgehead atoms. The van der Waals surface area contributed by atoms with Gasteiger partial charge in [0.25, 0.3) is 0 Å². The lowest BCUT2D eigenvalue weighted by Gasteiger charge is -2.25. The molecule has 4 rings (SSSR count). The fraction of sp³-hybridized carbons (Fsp3) is 0.158. The number of ketones is 1. The summed E-state index contributed by atoms with van der Waals surface area (Å²) < 4.78 is 16.6. The number of ether oxygens (including phenoxy) is 2. The zero-order chi connectivity index (χ0) is 17.2. The summed E-state index contributed by atoms with van der Waals surface area (Å²) in [6.07, 6.45) is 2.53. The van der Waals surface area contributed by atoms with Crippen molar-refractivity contribution in [3.63, 3.8) is 0 Å². The Morgan fingerprint density at radius 2 is 2.04 bits per heavy atom. The van der Waals surface area contributed by atoms with Crippen LogP contribution in [0.3, 0.4) is 0 Å². The maximum absolute atomic E-state index is 12.5. The van der Waals surface area contributed by atoms with E-state index in [1.165, 1.54) is 6.39 Å². The molecule has 1 atom stereocenters. The van der Waals surface area contributed by atoms with Gasteiger partial charge in [-0.1, -0.05) is 29.8 Å². The molecule has 1 aliphatic heterocycles. The fourth-order valence-electron chi connectivity index (χ4n) is 2.71. The number of nitrogens with zero attached hydrogens (tertiary/aromatic N) is 1. The predicted molar refractivity (Wildman–Crippen MR) is 92.0 cm³/mol. The Balaban J connectivity index is 1.47. The lowest BCUT2D eigenvalue weighted by molar-refractivity contribution is -0.127. The van der Waals surface area contributed by atoms with Crippen LogP contribution in [0.4, 0.5) is 0 Å². The molecule has 0 fully saturated rings. The van der Waals surface area contributed by atoms with Crippen LogP contribution < -0.4 is 9.47 Å². The second-order valence-electron chi connectivity index (χ2n) is 5.69. The van der Waals surface area contributed by atoms with Crippen LogP contribution in [-0.2, 0) is 11.2 Å². The number of hydrogen-bond acceptors (Lipinski definition) is 5. The average molecular weight is 356 g/mol. The molecule has 25 heavy (non-hydrogen) atoms. The first kappa shape index (κ1) is 15.7. The van der Waals surface area contributed by atoms with E-state index in [4.69, 9.17) is 25.5 Å². The van der Waals surface area contributed by atoms with Gasteiger partial charge in [-0.3, -0.25) is 4.79 Å². The van der Waals surface area contributed by atoms with E-state index >= 15 is 0 Å². The Kier molecular flexibility index (Phi) is 4.15. The molecule has 0 radical (unpaired) electrons. The number of aromatic nitrogens is 1. The summed E-state index contributed by atoms with van der Waals surface area (Å²) in [6.45, 7) is 0.208. The molecule has 0 saturated carbocycles. The molecular weight excluding hydrogens is 342 g/mol. The molecule has 1 aliphatic rings. The minimum Gasteiger partial charge on any atom is -0.485 e. The third kappa shape index (κ3) is 3.23. The van der Waals surface area contributed by atoms with Gasteiger partial charge in [0.05, 0.1) is 11.2 Å². The quantitative estimate of drug-likeness (QED) is 0.709. The smallest absolute Gasteiger partial charge is 0.191 e. The summed E-state index contributed by atoms with van der Waals surface area (Å²) in [4.78, 5) is 16.4. The fourth-order valence-corrected chi connectivity index (χ4v) is 3.01. The first-order chi connectivity index (χ1) is 12.2. The van der Waals surface area contributed by atoms with E-state index in [9.17, 15) is 4.79 Å². The Bertz CT molecular complexity index is 908. The largest absolute Gasteiger partial charge is 0.485 e. The second kappa shape index (κ2) is 6.61. The summed E-state index contributed by atoms with van der Waals surface area (Å²) >= 11 is 6.30. The molecule has 0 amide bonds. The van der Waals surface area contributed by atoms with E-state index in [0.717, 1.165) is 11.1 Å². The number of carbonyl (C=O) groups is 1. The highest BCUT2D eigenvalue weighted by Crippen LogP contribution is 2.32. The van der Waals surface area contributed by atoms with Gasteiger partial charge in [-0.25, -0.2) is 4.98 Å². The van der Waals surface area contributed by atoms with E-state index in [-0.39, 0.29) is 18.8 Å². The third-order valence-corrected chi connectivity index (χ3v) is 4.29. The molecular formula is C19H14ClNO4. The monoisotopic (exact) mass is 355 g/mol. The van der Waals surface area contributed by atoms with E-state index in [1.54, 1.807) is 18.3 Å². The highest BCUT2D eigenvalue weighted by Gasteiger charge is 2.27. The SMILES string of the molecule is O=C(Cc1ccc(-c2cnco2)c(Cl)c1)C1COc2ccccc2O1. The van der Waals surface area contributed by atoms with Crippen LogP contribution in [0.2, 0.25) is 5.02 Å². The van der Waals surface area contributed by atoms with Crippen molar-refractivity contribution >= 4 is 17.4 Å². The normalized spacial score (nSPS) is 15.8. The van der Waals surface area contributed by atoms with Gasteiger partial charge in [-0.2, -0.15) is 0 Å². The van der Waals surface area contributed by atoms with Crippen molar-refractivity contribution in [2.45, 2.75) is 12.5 Å². The summed E-state index contributed by atoms with van der Waals surface area (Å²) in [5, 5.41) is 0.508. The van der Waals surface area contributed by atoms with Crippen molar-refractivity contribution in [2.75, 3.05) is 6.61 Å². The molecule has 0 N–H and O–H groups in total. The lowest BCUT2D eigenvalue weighted by Crippen LogP contribution is -2.37. The lowest BCUT2D eigenvalue weighted by atomic mass is 10.0. The zero-order valence-electron chi connectivity index (χ0n) is 13.1. The zero-order valence-corrected chi connectivity index (χ0v) is 13.9. The second-order valence-corrected chi connectivity index (χ2v) is 6.09. The number of para-hydroxylation sites is 2. The van der Waals surface area contributed by atoms with Crippen molar-refractivity contribution in [3.8, 4) is 22.8 Å². The van der Waals surface area contributed by atoms with Gasteiger partial charge >= 0.3 is 0 Å². The van der Waals surface area contributed by atoms with Gasteiger partial charge in [0.15, 0.2) is 35.5 Å². The number of Topliss-reactive ketones (excluding diaryl/α,β-unsaturated/α-hetero) is 1. The maximum atomic E-state index is 12.5. The molecule has 0 aliphatic carbocycles. The molecule has 1 unspecified atom stereocenters. The van der Waals surface area contributed by atoms with Crippen molar-refractivity contribution < 1.29 is 18.7 Å². The summed E-state index contributed by atoms with van der Waals surface area (Å²) in [7, 11) is 0. The highest BCUT2D eigenvalue weighted by molar-refractivity contribution is 6.33. The molecule has 0 saturated heterocycles. The van der Waals surface area contributed by atoms with Crippen LogP contribution in [-0.4, -0.2) is 23.5 Å². The number of fused-ring (bicyclic) bond motifs is 1. The Labute approximate surface area is 149 Å². The minimum absolute atomic E-state index is 0.0574. The number of benzene rings is 2. The van der Waals surface area contributed by atoms with E-state index in [0.29, 0.717) is 22.3 Å². The van der Waals surface area contributed by atoms with Crippen LogP contribution in [0.15, 0.2) is 59.5 Å². The molecule has 2 aromatic carbocycles. The van der Waals surface area contributed by atoms with Gasteiger partial charge < -0.3 is 13.9 Å². The van der Waals surface area contributed by atoms with Crippen LogP contribution in [0.5, 0.6) is 11.5 Å². The van der Waals surface area contributed by atoms with E-state index < -0.39 is 6.10 Å². The number of carbonyl (C=O) groups excluding carboxylic acids is 1. The van der Waals surface area contributed by atoms with Crippen molar-refractivity contribution in [3.05, 3.63) is 65.6 Å². The number of rotatable bonds is 4. The standard InChI is InChI=1S/C19H14ClNO4/c20-14-7-12(5-6-13(14)18-9-21-11-24-18)8-15(22)19-10-23-16-3-1-2-4-17(16)25-19/h1-7,9,11,19H,8,10H2.